The van der Waals surface area contributed by atoms with E-state index in [1.165, 1.54) is 0 Å². The van der Waals surface area contributed by atoms with Crippen molar-refractivity contribution in [3.63, 3.8) is 0 Å². The molecule has 0 saturated carbocycles. The zero-order chi connectivity index (χ0) is 13.6. The average Bonchev–Trinajstić information content (AvgIpc) is 2.66. The zero-order valence-corrected chi connectivity index (χ0v) is 12.1. The van der Waals surface area contributed by atoms with E-state index in [0.29, 0.717) is 9.79 Å². The van der Waals surface area contributed by atoms with Crippen LogP contribution in [0, 0.1) is 18.6 Å². The highest BCUT2D eigenvalue weighted by Gasteiger charge is 2.13. The van der Waals surface area contributed by atoms with Crippen molar-refractivity contribution in [3.8, 4) is 5.69 Å². The topological polar surface area (TPSA) is 33.6 Å². The predicted molar refractivity (Wildman–Crippen MR) is 80.7 cm³/mol. The molecule has 0 aliphatic heterocycles. The number of pyridine rings is 1. The summed E-state index contributed by atoms with van der Waals surface area (Å²) in [5.41, 5.74) is 4.61. The van der Waals surface area contributed by atoms with Crippen molar-refractivity contribution in [2.75, 3.05) is 0 Å². The van der Waals surface area contributed by atoms with Crippen LogP contribution in [0.15, 0.2) is 30.3 Å². The van der Waals surface area contributed by atoms with Crippen molar-refractivity contribution < 1.29 is 0 Å². The van der Waals surface area contributed by atoms with Gasteiger partial charge in [-0.2, -0.15) is 0 Å². The van der Waals surface area contributed by atoms with Gasteiger partial charge in [0.05, 0.1) is 16.2 Å². The van der Waals surface area contributed by atoms with Gasteiger partial charge in [0.15, 0.2) is 10.4 Å². The maximum absolute atomic E-state index is 6.32. The molecule has 0 aliphatic rings. The van der Waals surface area contributed by atoms with Gasteiger partial charge >= 0.3 is 0 Å². The monoisotopic (exact) mass is 289 g/mol. The molecule has 0 unspecified atom stereocenters. The van der Waals surface area contributed by atoms with Crippen LogP contribution in [0.25, 0.3) is 16.9 Å². The Morgan fingerprint density at radius 2 is 2.00 bits per heavy atom. The number of hydrogen-bond acceptors (Lipinski definition) is 2. The molecular formula is C14H12ClN3S. The van der Waals surface area contributed by atoms with Crippen LogP contribution in [-0.4, -0.2) is 14.5 Å². The number of para-hydroxylation sites is 1. The Labute approximate surface area is 120 Å². The quantitative estimate of drug-likeness (QED) is 0.676. The Kier molecular flexibility index (Phi) is 2.92. The van der Waals surface area contributed by atoms with E-state index in [0.717, 1.165) is 28.1 Å². The first-order valence-electron chi connectivity index (χ1n) is 5.92. The number of halogens is 1. The summed E-state index contributed by atoms with van der Waals surface area (Å²) in [6.45, 7) is 3.97. The Hall–Kier alpha value is -1.65. The normalized spacial score (nSPS) is 11.1. The van der Waals surface area contributed by atoms with Gasteiger partial charge in [-0.25, -0.2) is 4.98 Å². The number of nitrogens with zero attached hydrogens (tertiary/aromatic N) is 2. The Bertz CT molecular complexity index is 812. The molecule has 0 amide bonds. The smallest absolute Gasteiger partial charge is 0.184 e. The van der Waals surface area contributed by atoms with Crippen LogP contribution >= 0.6 is 23.8 Å². The SMILES string of the molecule is Cc1ccc2[nH]c(=S)n(-c3c(C)cccc3Cl)c2n1. The van der Waals surface area contributed by atoms with E-state index in [-0.39, 0.29) is 0 Å². The summed E-state index contributed by atoms with van der Waals surface area (Å²) in [4.78, 5) is 7.73. The first-order valence-corrected chi connectivity index (χ1v) is 6.70. The molecule has 3 nitrogen and oxygen atoms in total. The molecule has 0 aliphatic carbocycles. The Balaban J connectivity index is 2.46. The molecule has 96 valence electrons. The molecule has 19 heavy (non-hydrogen) atoms. The molecule has 2 aromatic heterocycles. The lowest BCUT2D eigenvalue weighted by Crippen LogP contribution is -2.00. The number of aryl methyl sites for hydroxylation is 2. The molecule has 0 fully saturated rings. The molecule has 0 spiro atoms. The molecule has 0 saturated heterocycles. The molecule has 3 aromatic rings. The Morgan fingerprint density at radius 3 is 2.74 bits per heavy atom. The lowest BCUT2D eigenvalue weighted by molar-refractivity contribution is 1.02. The van der Waals surface area contributed by atoms with E-state index in [4.69, 9.17) is 23.8 Å². The first-order chi connectivity index (χ1) is 9.08. The van der Waals surface area contributed by atoms with E-state index in [1.54, 1.807) is 0 Å². The number of aromatic amines is 1. The van der Waals surface area contributed by atoms with Crippen LogP contribution in [0.1, 0.15) is 11.3 Å². The van der Waals surface area contributed by atoms with Gasteiger partial charge in [-0.3, -0.25) is 4.57 Å². The second-order valence-electron chi connectivity index (χ2n) is 4.49. The summed E-state index contributed by atoms with van der Waals surface area (Å²) in [6.07, 6.45) is 0. The molecule has 2 heterocycles. The fourth-order valence-corrected chi connectivity index (χ4v) is 2.79. The molecular weight excluding hydrogens is 278 g/mol. The number of benzene rings is 1. The molecule has 0 radical (unpaired) electrons. The van der Waals surface area contributed by atoms with Crippen LogP contribution in [0.3, 0.4) is 0 Å². The third-order valence-electron chi connectivity index (χ3n) is 3.08. The van der Waals surface area contributed by atoms with Gasteiger partial charge in [-0.15, -0.1) is 0 Å². The maximum Gasteiger partial charge on any atom is 0.184 e. The minimum Gasteiger partial charge on any atom is -0.329 e. The largest absolute Gasteiger partial charge is 0.329 e. The highest BCUT2D eigenvalue weighted by Crippen LogP contribution is 2.27. The summed E-state index contributed by atoms with van der Waals surface area (Å²) in [5.74, 6) is 0. The second-order valence-corrected chi connectivity index (χ2v) is 5.29. The number of imidazole rings is 1. The molecule has 0 atom stereocenters. The standard InChI is InChI=1S/C14H12ClN3S/c1-8-4-3-5-10(15)12(8)18-13-11(17-14(18)19)7-6-9(2)16-13/h3-7H,1-2H3,(H,17,19). The number of H-pyrrole nitrogens is 1. The van der Waals surface area contributed by atoms with Crippen molar-refractivity contribution in [3.05, 3.63) is 51.4 Å². The van der Waals surface area contributed by atoms with E-state index < -0.39 is 0 Å². The van der Waals surface area contributed by atoms with Crippen molar-refractivity contribution in [1.29, 1.82) is 0 Å². The third-order valence-corrected chi connectivity index (χ3v) is 3.67. The summed E-state index contributed by atoms with van der Waals surface area (Å²) < 4.78 is 2.50. The van der Waals surface area contributed by atoms with E-state index in [2.05, 4.69) is 9.97 Å². The zero-order valence-electron chi connectivity index (χ0n) is 10.6. The molecule has 3 rings (SSSR count). The van der Waals surface area contributed by atoms with E-state index in [1.807, 2.05) is 48.7 Å². The number of rotatable bonds is 1. The third kappa shape index (κ3) is 1.97. The van der Waals surface area contributed by atoms with E-state index >= 15 is 0 Å². The van der Waals surface area contributed by atoms with Crippen molar-refractivity contribution >= 4 is 35.0 Å². The van der Waals surface area contributed by atoms with Crippen LogP contribution in [0.2, 0.25) is 5.02 Å². The molecule has 5 heteroatoms. The highest BCUT2D eigenvalue weighted by molar-refractivity contribution is 7.71. The molecule has 1 aromatic carbocycles. The fourth-order valence-electron chi connectivity index (χ4n) is 2.19. The number of hydrogen-bond donors (Lipinski definition) is 1. The maximum atomic E-state index is 6.32. The average molecular weight is 290 g/mol. The van der Waals surface area contributed by atoms with Crippen LogP contribution < -0.4 is 0 Å². The molecule has 0 bridgehead atoms. The lowest BCUT2D eigenvalue weighted by atomic mass is 10.2. The van der Waals surface area contributed by atoms with Gasteiger partial charge in [-0.1, -0.05) is 23.7 Å². The molecule has 1 N–H and O–H groups in total. The minimum absolute atomic E-state index is 0.601. The van der Waals surface area contributed by atoms with Gasteiger partial charge in [0.2, 0.25) is 0 Å². The van der Waals surface area contributed by atoms with Gasteiger partial charge in [0.25, 0.3) is 0 Å². The first kappa shape index (κ1) is 12.4. The van der Waals surface area contributed by atoms with Gasteiger partial charge < -0.3 is 4.98 Å². The fraction of sp³-hybridized carbons (Fsp3) is 0.143. The van der Waals surface area contributed by atoms with E-state index in [9.17, 15) is 0 Å². The van der Waals surface area contributed by atoms with Gasteiger partial charge in [0.1, 0.15) is 0 Å². The van der Waals surface area contributed by atoms with Gasteiger partial charge in [0, 0.05) is 5.69 Å². The number of aromatic nitrogens is 3. The predicted octanol–water partition coefficient (Wildman–Crippen LogP) is 4.35. The van der Waals surface area contributed by atoms with Crippen molar-refractivity contribution in [2.45, 2.75) is 13.8 Å². The van der Waals surface area contributed by atoms with Crippen molar-refractivity contribution in [2.24, 2.45) is 0 Å². The van der Waals surface area contributed by atoms with Crippen molar-refractivity contribution in [1.82, 2.24) is 14.5 Å². The summed E-state index contributed by atoms with van der Waals surface area (Å²) in [7, 11) is 0. The van der Waals surface area contributed by atoms with Gasteiger partial charge in [-0.05, 0) is 49.8 Å². The highest BCUT2D eigenvalue weighted by atomic mass is 35.5. The number of fused-ring (bicyclic) bond motifs is 1. The summed E-state index contributed by atoms with van der Waals surface area (Å²) in [6, 6.07) is 9.74. The van der Waals surface area contributed by atoms with Crippen LogP contribution in [-0.2, 0) is 0 Å². The number of nitrogens with one attached hydrogen (secondary N) is 1. The minimum atomic E-state index is 0.601. The summed E-state index contributed by atoms with van der Waals surface area (Å²) in [5, 5.41) is 0.667. The van der Waals surface area contributed by atoms with Crippen LogP contribution in [0.5, 0.6) is 0 Å². The lowest BCUT2D eigenvalue weighted by Gasteiger charge is -2.10. The second kappa shape index (κ2) is 4.47. The summed E-state index contributed by atoms with van der Waals surface area (Å²) >= 11 is 11.7. The Morgan fingerprint density at radius 1 is 1.21 bits per heavy atom. The van der Waals surface area contributed by atoms with Crippen LogP contribution in [0.4, 0.5) is 0 Å².